The smallest absolute Gasteiger partial charge is 0.225 e. The number of morpholine rings is 1. The highest BCUT2D eigenvalue weighted by atomic mass is 127. The molecule has 1 amide bonds. The van der Waals surface area contributed by atoms with E-state index in [1.54, 1.807) is 7.05 Å². The van der Waals surface area contributed by atoms with Crippen LogP contribution in [0.4, 0.5) is 0 Å². The Morgan fingerprint density at radius 1 is 1.27 bits per heavy atom. The normalized spacial score (nSPS) is 19.1. The van der Waals surface area contributed by atoms with Crippen LogP contribution in [-0.4, -0.2) is 80.8 Å². The van der Waals surface area contributed by atoms with Crippen molar-refractivity contribution in [3.05, 3.63) is 29.3 Å². The molecular formula is C21H32ClIN4O3. The van der Waals surface area contributed by atoms with Gasteiger partial charge in [-0.25, -0.2) is 0 Å². The molecule has 2 fully saturated rings. The first-order chi connectivity index (χ1) is 14.1. The number of amides is 1. The van der Waals surface area contributed by atoms with Crippen LogP contribution in [0, 0.1) is 5.92 Å². The zero-order valence-electron chi connectivity index (χ0n) is 17.7. The Morgan fingerprint density at radius 3 is 2.60 bits per heavy atom. The number of rotatable bonds is 5. The Labute approximate surface area is 201 Å². The number of likely N-dealkylation sites (tertiary alicyclic amines) is 1. The quantitative estimate of drug-likeness (QED) is 0.347. The van der Waals surface area contributed by atoms with E-state index in [4.69, 9.17) is 21.1 Å². The van der Waals surface area contributed by atoms with Crippen molar-refractivity contribution in [3.63, 3.8) is 0 Å². The van der Waals surface area contributed by atoms with Crippen molar-refractivity contribution in [1.29, 1.82) is 0 Å². The number of halogens is 2. The summed E-state index contributed by atoms with van der Waals surface area (Å²) in [6.07, 6.45) is 1.67. The maximum atomic E-state index is 12.7. The first kappa shape index (κ1) is 25.0. The summed E-state index contributed by atoms with van der Waals surface area (Å²) in [6.45, 7) is 7.01. The van der Waals surface area contributed by atoms with Gasteiger partial charge in [0, 0.05) is 44.2 Å². The van der Waals surface area contributed by atoms with Gasteiger partial charge in [-0.3, -0.25) is 9.79 Å². The first-order valence-corrected chi connectivity index (χ1v) is 10.7. The molecule has 1 N–H and O–H groups in total. The molecule has 168 valence electrons. The number of guanidine groups is 1. The van der Waals surface area contributed by atoms with E-state index in [2.05, 4.69) is 15.2 Å². The number of hydrogen-bond acceptors (Lipinski definition) is 4. The summed E-state index contributed by atoms with van der Waals surface area (Å²) in [6, 6.07) is 7.41. The Kier molecular flexibility index (Phi) is 10.5. The average Bonchev–Trinajstić information content (AvgIpc) is 2.75. The minimum Gasteiger partial charge on any atom is -0.489 e. The van der Waals surface area contributed by atoms with Crippen LogP contribution in [0.25, 0.3) is 0 Å². The van der Waals surface area contributed by atoms with Crippen LogP contribution in [0.3, 0.4) is 0 Å². The van der Waals surface area contributed by atoms with Gasteiger partial charge in [0.1, 0.15) is 11.9 Å². The van der Waals surface area contributed by atoms with Gasteiger partial charge in [0.15, 0.2) is 5.96 Å². The molecule has 30 heavy (non-hydrogen) atoms. The summed E-state index contributed by atoms with van der Waals surface area (Å²) in [5.41, 5.74) is 0. The number of piperidine rings is 1. The predicted octanol–water partition coefficient (Wildman–Crippen LogP) is 2.87. The van der Waals surface area contributed by atoms with Crippen molar-refractivity contribution < 1.29 is 14.3 Å². The molecule has 1 atom stereocenters. The van der Waals surface area contributed by atoms with Crippen LogP contribution in [0.1, 0.15) is 19.8 Å². The molecule has 0 aromatic heterocycles. The molecule has 2 heterocycles. The minimum absolute atomic E-state index is 0. The van der Waals surface area contributed by atoms with Gasteiger partial charge in [-0.2, -0.15) is 0 Å². The van der Waals surface area contributed by atoms with Gasteiger partial charge < -0.3 is 24.6 Å². The summed E-state index contributed by atoms with van der Waals surface area (Å²) in [5.74, 6) is 1.99. The van der Waals surface area contributed by atoms with Crippen LogP contribution in [0.15, 0.2) is 29.3 Å². The van der Waals surface area contributed by atoms with E-state index in [1.165, 1.54) is 0 Å². The lowest BCUT2D eigenvalue weighted by Crippen LogP contribution is -2.50. The second-order valence-corrected chi connectivity index (χ2v) is 7.95. The lowest BCUT2D eigenvalue weighted by molar-refractivity contribution is -0.140. The minimum atomic E-state index is -0.0364. The molecule has 0 radical (unpaired) electrons. The third-order valence-corrected chi connectivity index (χ3v) is 5.59. The first-order valence-electron chi connectivity index (χ1n) is 10.3. The lowest BCUT2D eigenvalue weighted by atomic mass is 9.95. The zero-order valence-corrected chi connectivity index (χ0v) is 20.8. The third kappa shape index (κ3) is 7.16. The highest BCUT2D eigenvalue weighted by Crippen LogP contribution is 2.21. The van der Waals surface area contributed by atoms with Gasteiger partial charge in [0.25, 0.3) is 0 Å². The van der Waals surface area contributed by atoms with Gasteiger partial charge in [0.2, 0.25) is 5.91 Å². The van der Waals surface area contributed by atoms with Crippen LogP contribution in [0.5, 0.6) is 5.75 Å². The average molecular weight is 551 g/mol. The monoisotopic (exact) mass is 550 g/mol. The molecule has 2 saturated heterocycles. The van der Waals surface area contributed by atoms with Crippen LogP contribution < -0.4 is 10.1 Å². The molecule has 1 unspecified atom stereocenters. The fourth-order valence-corrected chi connectivity index (χ4v) is 3.94. The fraction of sp³-hybridized carbons (Fsp3) is 0.619. The number of hydrogen-bond donors (Lipinski definition) is 1. The Hall–Kier alpha value is -1.26. The molecule has 0 saturated carbocycles. The molecular weight excluding hydrogens is 519 g/mol. The molecule has 0 spiro atoms. The Morgan fingerprint density at radius 2 is 1.97 bits per heavy atom. The van der Waals surface area contributed by atoms with E-state index < -0.39 is 0 Å². The summed E-state index contributed by atoms with van der Waals surface area (Å²) in [5, 5.41) is 4.05. The number of benzene rings is 1. The fourth-order valence-electron chi connectivity index (χ4n) is 3.76. The molecule has 9 heteroatoms. The molecule has 3 rings (SSSR count). The van der Waals surface area contributed by atoms with E-state index in [1.807, 2.05) is 36.1 Å². The number of ether oxygens (including phenoxy) is 2. The van der Waals surface area contributed by atoms with Crippen LogP contribution in [0.2, 0.25) is 5.02 Å². The van der Waals surface area contributed by atoms with Gasteiger partial charge in [-0.1, -0.05) is 17.7 Å². The van der Waals surface area contributed by atoms with E-state index in [0.29, 0.717) is 37.9 Å². The number of carbonyl (C=O) groups excluding carboxylic acids is 1. The number of nitrogens with zero attached hydrogens (tertiary/aromatic N) is 3. The highest BCUT2D eigenvalue weighted by molar-refractivity contribution is 14.0. The van der Waals surface area contributed by atoms with Crippen molar-refractivity contribution in [1.82, 2.24) is 15.1 Å². The summed E-state index contributed by atoms with van der Waals surface area (Å²) in [4.78, 5) is 21.3. The van der Waals surface area contributed by atoms with Crippen LogP contribution >= 0.6 is 35.6 Å². The number of nitrogens with one attached hydrogen (secondary N) is 1. The molecule has 1 aromatic rings. The second-order valence-electron chi connectivity index (χ2n) is 7.51. The number of carbonyl (C=O) groups is 1. The zero-order chi connectivity index (χ0) is 20.6. The van der Waals surface area contributed by atoms with Crippen molar-refractivity contribution in [2.75, 3.05) is 53.0 Å². The van der Waals surface area contributed by atoms with E-state index in [9.17, 15) is 4.79 Å². The van der Waals surface area contributed by atoms with E-state index in [-0.39, 0.29) is 41.9 Å². The van der Waals surface area contributed by atoms with Crippen molar-refractivity contribution in [2.45, 2.75) is 25.9 Å². The Bertz CT molecular complexity index is 707. The SMILES string of the molecule is CN=C(NCC(C)Oc1cccc(Cl)c1)N1CCC(C(=O)N2CCOCC2)CC1.I. The topological polar surface area (TPSA) is 66.4 Å². The molecule has 2 aliphatic rings. The molecule has 7 nitrogen and oxygen atoms in total. The highest BCUT2D eigenvalue weighted by Gasteiger charge is 2.30. The lowest BCUT2D eigenvalue weighted by Gasteiger charge is -2.37. The van der Waals surface area contributed by atoms with Gasteiger partial charge >= 0.3 is 0 Å². The van der Waals surface area contributed by atoms with Crippen LogP contribution in [-0.2, 0) is 9.53 Å². The van der Waals surface area contributed by atoms with Gasteiger partial charge in [-0.05, 0) is 38.0 Å². The standard InChI is InChI=1S/C21H31ClN4O3.HI/c1-16(29-19-5-3-4-18(22)14-19)15-24-21(23-2)26-8-6-17(7-9-26)20(27)25-10-12-28-13-11-25;/h3-5,14,16-17H,6-13,15H2,1-2H3,(H,23,24);1H. The van der Waals surface area contributed by atoms with E-state index in [0.717, 1.165) is 37.6 Å². The summed E-state index contributed by atoms with van der Waals surface area (Å²) < 4.78 is 11.3. The molecule has 0 aliphatic carbocycles. The van der Waals surface area contributed by atoms with Crippen molar-refractivity contribution in [3.8, 4) is 5.75 Å². The van der Waals surface area contributed by atoms with Crippen molar-refractivity contribution >= 4 is 47.4 Å². The maximum Gasteiger partial charge on any atom is 0.225 e. The largest absolute Gasteiger partial charge is 0.489 e. The molecule has 2 aliphatic heterocycles. The predicted molar refractivity (Wildman–Crippen MR) is 130 cm³/mol. The third-order valence-electron chi connectivity index (χ3n) is 5.36. The van der Waals surface area contributed by atoms with Gasteiger partial charge in [0.05, 0.1) is 19.8 Å². The number of aliphatic imine (C=N–C) groups is 1. The molecule has 0 bridgehead atoms. The second kappa shape index (κ2) is 12.6. The van der Waals surface area contributed by atoms with Crippen molar-refractivity contribution in [2.24, 2.45) is 10.9 Å². The Balaban J connectivity index is 0.00000320. The van der Waals surface area contributed by atoms with E-state index >= 15 is 0 Å². The summed E-state index contributed by atoms with van der Waals surface area (Å²) in [7, 11) is 1.79. The molecule has 1 aromatic carbocycles. The van der Waals surface area contributed by atoms with Gasteiger partial charge in [-0.15, -0.1) is 24.0 Å². The maximum absolute atomic E-state index is 12.7. The summed E-state index contributed by atoms with van der Waals surface area (Å²) >= 11 is 6.01.